The van der Waals surface area contributed by atoms with E-state index in [2.05, 4.69) is 20.5 Å². The Balaban J connectivity index is 1.79. The zero-order valence-corrected chi connectivity index (χ0v) is 16.5. The summed E-state index contributed by atoms with van der Waals surface area (Å²) >= 11 is 6.13. The molecule has 2 aromatic heterocycles. The maximum absolute atomic E-state index is 13.3. The Labute approximate surface area is 174 Å². The van der Waals surface area contributed by atoms with E-state index in [-0.39, 0.29) is 29.5 Å². The van der Waals surface area contributed by atoms with E-state index in [0.29, 0.717) is 10.6 Å². The number of nitrogens with one attached hydrogen (secondary N) is 2. The van der Waals surface area contributed by atoms with E-state index < -0.39 is 11.2 Å². The first-order chi connectivity index (χ1) is 14.4. The summed E-state index contributed by atoms with van der Waals surface area (Å²) in [5.41, 5.74) is 3.47. The van der Waals surface area contributed by atoms with Gasteiger partial charge in [-0.3, -0.25) is 18.9 Å². The van der Waals surface area contributed by atoms with Crippen molar-refractivity contribution in [2.75, 3.05) is 5.43 Å². The number of hydrogen-bond donors (Lipinski definition) is 2. The van der Waals surface area contributed by atoms with Crippen molar-refractivity contribution in [1.82, 2.24) is 19.1 Å². The number of H-pyrrole nitrogens is 1. The number of hydrogen-bond acceptors (Lipinski definition) is 5. The molecule has 2 N–H and O–H groups in total. The minimum atomic E-state index is -0.579. The van der Waals surface area contributed by atoms with Crippen LogP contribution in [0.25, 0.3) is 11.2 Å². The van der Waals surface area contributed by atoms with Gasteiger partial charge in [-0.05, 0) is 23.8 Å². The van der Waals surface area contributed by atoms with Gasteiger partial charge in [-0.1, -0.05) is 41.9 Å². The minimum absolute atomic E-state index is 0.192. The lowest BCUT2D eigenvalue weighted by molar-refractivity contribution is 0.626. The van der Waals surface area contributed by atoms with Crippen LogP contribution in [0.1, 0.15) is 11.1 Å². The number of aryl methyl sites for hydroxylation is 1. The average Bonchev–Trinajstić information content (AvgIpc) is 3.08. The van der Waals surface area contributed by atoms with E-state index in [9.17, 15) is 14.0 Å². The molecule has 0 fully saturated rings. The highest BCUT2D eigenvalue weighted by molar-refractivity contribution is 6.33. The molecule has 152 valence electrons. The lowest BCUT2D eigenvalue weighted by atomic mass is 10.2. The highest BCUT2D eigenvalue weighted by atomic mass is 35.5. The summed E-state index contributed by atoms with van der Waals surface area (Å²) in [5, 5.41) is 4.69. The van der Waals surface area contributed by atoms with Gasteiger partial charge in [0.05, 0.1) is 12.8 Å². The van der Waals surface area contributed by atoms with Gasteiger partial charge in [-0.2, -0.15) is 10.1 Å². The van der Waals surface area contributed by atoms with Crippen LogP contribution in [0.3, 0.4) is 0 Å². The molecular formula is C20H16ClFN6O2. The van der Waals surface area contributed by atoms with Gasteiger partial charge in [-0.25, -0.2) is 14.6 Å². The summed E-state index contributed by atoms with van der Waals surface area (Å²) in [4.78, 5) is 31.1. The Morgan fingerprint density at radius 2 is 1.93 bits per heavy atom. The molecule has 30 heavy (non-hydrogen) atoms. The van der Waals surface area contributed by atoms with Crippen LogP contribution in [0, 0.1) is 5.82 Å². The van der Waals surface area contributed by atoms with Crippen molar-refractivity contribution in [3.63, 3.8) is 0 Å². The van der Waals surface area contributed by atoms with Crippen molar-refractivity contribution in [3.05, 3.63) is 91.3 Å². The Kier molecular flexibility index (Phi) is 5.20. The lowest BCUT2D eigenvalue weighted by Gasteiger charge is -2.08. The first-order valence-corrected chi connectivity index (χ1v) is 9.29. The van der Waals surface area contributed by atoms with Gasteiger partial charge in [0.1, 0.15) is 5.82 Å². The van der Waals surface area contributed by atoms with Crippen LogP contribution in [0.15, 0.2) is 63.2 Å². The van der Waals surface area contributed by atoms with Gasteiger partial charge in [0.2, 0.25) is 5.95 Å². The van der Waals surface area contributed by atoms with Crippen molar-refractivity contribution in [2.45, 2.75) is 6.54 Å². The molecule has 8 nitrogen and oxygen atoms in total. The third-order valence-electron chi connectivity index (χ3n) is 4.53. The molecule has 0 atom stereocenters. The summed E-state index contributed by atoms with van der Waals surface area (Å²) in [6.07, 6.45) is 1.52. The number of imidazole rings is 1. The fraction of sp³-hybridized carbons (Fsp3) is 0.100. The molecule has 10 heteroatoms. The molecule has 4 aromatic rings. The van der Waals surface area contributed by atoms with Crippen LogP contribution in [0.4, 0.5) is 10.3 Å². The molecule has 0 bridgehead atoms. The predicted molar refractivity (Wildman–Crippen MR) is 114 cm³/mol. The van der Waals surface area contributed by atoms with Crippen LogP contribution in [-0.4, -0.2) is 25.3 Å². The molecule has 0 spiro atoms. The maximum atomic E-state index is 13.3. The number of fused-ring (bicyclic) bond motifs is 1. The van der Waals surface area contributed by atoms with Gasteiger partial charge in [0.25, 0.3) is 5.56 Å². The van der Waals surface area contributed by atoms with E-state index in [1.54, 1.807) is 28.8 Å². The SMILES string of the molecule is Cn1c(=O)[nH]c(=O)c2c1nc(N/N=C/c1ccccc1Cl)n2Cc1ccc(F)cc1. The number of benzene rings is 2. The molecule has 0 unspecified atom stereocenters. The summed E-state index contributed by atoms with van der Waals surface area (Å²) in [6, 6.07) is 13.0. The molecule has 0 saturated carbocycles. The number of rotatable bonds is 5. The number of aromatic nitrogens is 4. The van der Waals surface area contributed by atoms with Crippen molar-refractivity contribution in [2.24, 2.45) is 12.1 Å². The van der Waals surface area contributed by atoms with Crippen molar-refractivity contribution in [1.29, 1.82) is 0 Å². The Bertz CT molecular complexity index is 1370. The van der Waals surface area contributed by atoms with Crippen LogP contribution in [0.5, 0.6) is 0 Å². The number of anilines is 1. The molecule has 2 heterocycles. The Hall–Kier alpha value is -3.72. The maximum Gasteiger partial charge on any atom is 0.329 e. The minimum Gasteiger partial charge on any atom is -0.298 e. The molecule has 0 aliphatic heterocycles. The molecule has 0 amide bonds. The van der Waals surface area contributed by atoms with Crippen molar-refractivity contribution < 1.29 is 4.39 Å². The highest BCUT2D eigenvalue weighted by Gasteiger charge is 2.17. The standard InChI is InChI=1S/C20H16ClFN6O2/c1-27-17-16(18(29)25-20(27)30)28(11-12-6-8-14(22)9-7-12)19(24-17)26-23-10-13-4-2-3-5-15(13)21/h2-10H,11H2,1H3,(H,24,26)(H,25,29,30)/b23-10+. The van der Waals surface area contributed by atoms with Gasteiger partial charge in [0.15, 0.2) is 11.2 Å². The quantitative estimate of drug-likeness (QED) is 0.379. The van der Waals surface area contributed by atoms with Crippen molar-refractivity contribution in [3.8, 4) is 0 Å². The number of hydrazone groups is 1. The molecule has 4 rings (SSSR count). The molecule has 0 aliphatic rings. The fourth-order valence-electron chi connectivity index (χ4n) is 2.99. The third-order valence-corrected chi connectivity index (χ3v) is 4.88. The first kappa shape index (κ1) is 19.6. The summed E-state index contributed by atoms with van der Waals surface area (Å²) in [6.45, 7) is 0.210. The van der Waals surface area contributed by atoms with Crippen molar-refractivity contribution >= 4 is 34.9 Å². The average molecular weight is 427 g/mol. The zero-order valence-electron chi connectivity index (χ0n) is 15.8. The van der Waals surface area contributed by atoms with Crippen LogP contribution in [-0.2, 0) is 13.6 Å². The van der Waals surface area contributed by atoms with Gasteiger partial charge in [0, 0.05) is 17.6 Å². The van der Waals surface area contributed by atoms with E-state index in [4.69, 9.17) is 11.6 Å². The normalized spacial score (nSPS) is 11.4. The molecule has 0 radical (unpaired) electrons. The van der Waals surface area contributed by atoms with Gasteiger partial charge in [-0.15, -0.1) is 0 Å². The first-order valence-electron chi connectivity index (χ1n) is 8.91. The molecule has 0 saturated heterocycles. The summed E-state index contributed by atoms with van der Waals surface area (Å²) in [5.74, 6) is -0.124. The van der Waals surface area contributed by atoms with E-state index in [1.165, 1.54) is 30.0 Å². The largest absolute Gasteiger partial charge is 0.329 e. The van der Waals surface area contributed by atoms with E-state index >= 15 is 0 Å². The van der Waals surface area contributed by atoms with Crippen LogP contribution in [0.2, 0.25) is 5.02 Å². The lowest BCUT2D eigenvalue weighted by Crippen LogP contribution is -2.29. The predicted octanol–water partition coefficient (Wildman–Crippen LogP) is 2.71. The van der Waals surface area contributed by atoms with Crippen LogP contribution >= 0.6 is 11.6 Å². The van der Waals surface area contributed by atoms with E-state index in [0.717, 1.165) is 5.56 Å². The third kappa shape index (κ3) is 3.74. The Morgan fingerprint density at radius 3 is 2.67 bits per heavy atom. The topological polar surface area (TPSA) is 97.1 Å². The second-order valence-corrected chi connectivity index (χ2v) is 6.94. The molecular weight excluding hydrogens is 411 g/mol. The molecule has 2 aromatic carbocycles. The smallest absolute Gasteiger partial charge is 0.298 e. The Morgan fingerprint density at radius 1 is 1.20 bits per heavy atom. The zero-order chi connectivity index (χ0) is 21.3. The van der Waals surface area contributed by atoms with E-state index in [1.807, 2.05) is 12.1 Å². The fourth-order valence-corrected chi connectivity index (χ4v) is 3.17. The summed E-state index contributed by atoms with van der Waals surface area (Å²) < 4.78 is 16.1. The van der Waals surface area contributed by atoms with Gasteiger partial charge < -0.3 is 0 Å². The second-order valence-electron chi connectivity index (χ2n) is 6.53. The monoisotopic (exact) mass is 426 g/mol. The second kappa shape index (κ2) is 7.96. The number of halogens is 2. The highest BCUT2D eigenvalue weighted by Crippen LogP contribution is 2.18. The number of nitrogens with zero attached hydrogens (tertiary/aromatic N) is 4. The number of aromatic amines is 1. The van der Waals surface area contributed by atoms with Gasteiger partial charge >= 0.3 is 5.69 Å². The molecule has 0 aliphatic carbocycles. The summed E-state index contributed by atoms with van der Waals surface area (Å²) in [7, 11) is 1.51. The van der Waals surface area contributed by atoms with Crippen LogP contribution < -0.4 is 16.7 Å².